The van der Waals surface area contributed by atoms with E-state index in [2.05, 4.69) is 58.7 Å². The zero-order valence-electron chi connectivity index (χ0n) is 19.1. The standard InChI is InChI=1S/C26H34N4O/c1-24-16-25(2)18-26(3,17-24)23(31)30(15-11-21-9-5-7-13-28-21)22(25)29(19-24)14-10-20-8-4-6-12-27-20/h4-9,12-13,22H,10-11,14-19H2,1-3H3/t22-,24+,25+,26+/m1/s1. The van der Waals surface area contributed by atoms with Gasteiger partial charge in [-0.15, -0.1) is 0 Å². The lowest BCUT2D eigenvalue weighted by Gasteiger charge is -2.68. The summed E-state index contributed by atoms with van der Waals surface area (Å²) in [6, 6.07) is 12.2. The summed E-state index contributed by atoms with van der Waals surface area (Å²) in [6.07, 6.45) is 8.79. The van der Waals surface area contributed by atoms with E-state index in [1.807, 2.05) is 30.6 Å². The Morgan fingerprint density at radius 3 is 2.16 bits per heavy atom. The summed E-state index contributed by atoms with van der Waals surface area (Å²) in [5.41, 5.74) is 2.27. The minimum absolute atomic E-state index is 0.127. The van der Waals surface area contributed by atoms with Gasteiger partial charge in [0.15, 0.2) is 0 Å². The van der Waals surface area contributed by atoms with E-state index in [1.165, 1.54) is 6.42 Å². The topological polar surface area (TPSA) is 49.3 Å². The number of carbonyl (C=O) groups excluding carboxylic acids is 1. The molecule has 2 saturated heterocycles. The molecule has 0 spiro atoms. The second-order valence-corrected chi connectivity index (χ2v) is 11.0. The quantitative estimate of drug-likeness (QED) is 0.713. The molecule has 3 fully saturated rings. The Labute approximate surface area is 185 Å². The number of hydrogen-bond donors (Lipinski definition) is 0. The van der Waals surface area contributed by atoms with Crippen molar-refractivity contribution in [2.45, 2.75) is 59.0 Å². The van der Waals surface area contributed by atoms with Crippen molar-refractivity contribution in [1.29, 1.82) is 0 Å². The van der Waals surface area contributed by atoms with Gasteiger partial charge in [0, 0.05) is 67.1 Å². The first-order chi connectivity index (χ1) is 14.8. The third kappa shape index (κ3) is 3.67. The predicted molar refractivity (Wildman–Crippen MR) is 121 cm³/mol. The molecule has 1 aliphatic carbocycles. The minimum atomic E-state index is -0.241. The van der Waals surface area contributed by atoms with Gasteiger partial charge in [-0.2, -0.15) is 0 Å². The van der Waals surface area contributed by atoms with Crippen LogP contribution in [-0.4, -0.2) is 51.5 Å². The number of pyridine rings is 2. The van der Waals surface area contributed by atoms with Gasteiger partial charge < -0.3 is 4.90 Å². The average molecular weight is 419 g/mol. The van der Waals surface area contributed by atoms with Gasteiger partial charge in [-0.3, -0.25) is 19.7 Å². The Morgan fingerprint density at radius 1 is 0.903 bits per heavy atom. The van der Waals surface area contributed by atoms with Crippen molar-refractivity contribution in [3.63, 3.8) is 0 Å². The van der Waals surface area contributed by atoms with Crippen molar-refractivity contribution in [2.75, 3.05) is 19.6 Å². The number of rotatable bonds is 6. The molecule has 5 rings (SSSR count). The minimum Gasteiger partial charge on any atom is -0.326 e. The number of likely N-dealkylation sites (tertiary alicyclic amines) is 2. The smallest absolute Gasteiger partial charge is 0.229 e. The normalized spacial score (nSPS) is 34.9. The van der Waals surface area contributed by atoms with E-state index in [0.717, 1.165) is 56.7 Å². The first kappa shape index (κ1) is 20.6. The van der Waals surface area contributed by atoms with Crippen LogP contribution in [0.2, 0.25) is 0 Å². The molecular weight excluding hydrogens is 384 g/mol. The molecule has 0 N–H and O–H groups in total. The fourth-order valence-corrected chi connectivity index (χ4v) is 7.50. The Kier molecular flexibility index (Phi) is 4.93. The highest BCUT2D eigenvalue weighted by Crippen LogP contribution is 2.63. The fourth-order valence-electron chi connectivity index (χ4n) is 7.50. The monoisotopic (exact) mass is 418 g/mol. The molecule has 3 bridgehead atoms. The average Bonchev–Trinajstić information content (AvgIpc) is 2.73. The van der Waals surface area contributed by atoms with Crippen molar-refractivity contribution in [3.8, 4) is 0 Å². The van der Waals surface area contributed by atoms with Crippen LogP contribution in [0.5, 0.6) is 0 Å². The molecule has 2 aliphatic heterocycles. The molecule has 5 heteroatoms. The molecule has 3 aliphatic rings. The molecule has 4 atom stereocenters. The van der Waals surface area contributed by atoms with Gasteiger partial charge in [-0.05, 0) is 48.9 Å². The lowest BCUT2D eigenvalue weighted by molar-refractivity contribution is -0.220. The molecule has 2 aromatic heterocycles. The van der Waals surface area contributed by atoms with Crippen LogP contribution in [0, 0.1) is 16.2 Å². The summed E-state index contributed by atoms with van der Waals surface area (Å²) in [5.74, 6) is 0.347. The molecule has 31 heavy (non-hydrogen) atoms. The highest BCUT2D eigenvalue weighted by molar-refractivity contribution is 5.84. The number of piperidine rings is 2. The molecule has 5 nitrogen and oxygen atoms in total. The van der Waals surface area contributed by atoms with Gasteiger partial charge in [0.1, 0.15) is 0 Å². The number of aromatic nitrogens is 2. The summed E-state index contributed by atoms with van der Waals surface area (Å²) in [5, 5.41) is 0. The molecule has 1 saturated carbocycles. The van der Waals surface area contributed by atoms with E-state index in [0.29, 0.717) is 5.91 Å². The maximum atomic E-state index is 13.8. The van der Waals surface area contributed by atoms with Crippen molar-refractivity contribution >= 4 is 5.91 Å². The Morgan fingerprint density at radius 2 is 1.55 bits per heavy atom. The summed E-state index contributed by atoms with van der Waals surface area (Å²) in [6.45, 7) is 9.80. The Hall–Kier alpha value is -2.27. The lowest BCUT2D eigenvalue weighted by atomic mass is 9.48. The van der Waals surface area contributed by atoms with Crippen molar-refractivity contribution in [3.05, 3.63) is 60.2 Å². The number of nitrogens with zero attached hydrogens (tertiary/aromatic N) is 4. The summed E-state index contributed by atoms with van der Waals surface area (Å²) in [7, 11) is 0. The molecule has 164 valence electrons. The third-order valence-corrected chi connectivity index (χ3v) is 7.78. The van der Waals surface area contributed by atoms with Gasteiger partial charge in [-0.1, -0.05) is 32.9 Å². The lowest BCUT2D eigenvalue weighted by Crippen LogP contribution is -2.74. The Bertz CT molecular complexity index is 946. The van der Waals surface area contributed by atoms with Crippen LogP contribution in [0.4, 0.5) is 0 Å². The molecule has 1 amide bonds. The summed E-state index contributed by atoms with van der Waals surface area (Å²) in [4.78, 5) is 27.7. The second-order valence-electron chi connectivity index (χ2n) is 11.0. The summed E-state index contributed by atoms with van der Waals surface area (Å²) < 4.78 is 0. The van der Waals surface area contributed by atoms with E-state index in [-0.39, 0.29) is 22.4 Å². The molecule has 2 aromatic rings. The van der Waals surface area contributed by atoms with Crippen molar-refractivity contribution < 1.29 is 4.79 Å². The first-order valence-electron chi connectivity index (χ1n) is 11.7. The molecule has 0 aromatic carbocycles. The van der Waals surface area contributed by atoms with Crippen molar-refractivity contribution in [1.82, 2.24) is 19.8 Å². The molecule has 4 heterocycles. The van der Waals surface area contributed by atoms with E-state index >= 15 is 0 Å². The van der Waals surface area contributed by atoms with E-state index < -0.39 is 0 Å². The number of fused-ring (bicyclic) bond motifs is 2. The third-order valence-electron chi connectivity index (χ3n) is 7.78. The SMILES string of the molecule is C[C@@]12CN(CCc3ccccn3)[C@@H]3N(CCc4ccccn4)C(=O)[C@@](C)(C1)C[C@]3(C)C2. The first-order valence-corrected chi connectivity index (χ1v) is 11.7. The van der Waals surface area contributed by atoms with Gasteiger partial charge in [-0.25, -0.2) is 0 Å². The predicted octanol–water partition coefficient (Wildman–Crippen LogP) is 3.95. The van der Waals surface area contributed by atoms with Gasteiger partial charge >= 0.3 is 0 Å². The summed E-state index contributed by atoms with van der Waals surface area (Å²) >= 11 is 0. The van der Waals surface area contributed by atoms with Crippen LogP contribution < -0.4 is 0 Å². The number of carbonyl (C=O) groups is 1. The van der Waals surface area contributed by atoms with Crippen LogP contribution in [0.1, 0.15) is 51.4 Å². The van der Waals surface area contributed by atoms with Crippen LogP contribution in [0.3, 0.4) is 0 Å². The molecular formula is C26H34N4O. The maximum absolute atomic E-state index is 13.8. The maximum Gasteiger partial charge on any atom is 0.229 e. The van der Waals surface area contributed by atoms with Crippen LogP contribution in [-0.2, 0) is 17.6 Å². The second kappa shape index (κ2) is 7.40. The van der Waals surface area contributed by atoms with E-state index in [9.17, 15) is 4.79 Å². The highest BCUT2D eigenvalue weighted by Gasteiger charge is 2.65. The van der Waals surface area contributed by atoms with Crippen molar-refractivity contribution in [2.24, 2.45) is 16.2 Å². The highest BCUT2D eigenvalue weighted by atomic mass is 16.2. The van der Waals surface area contributed by atoms with E-state index in [4.69, 9.17) is 0 Å². The molecule has 0 radical (unpaired) electrons. The zero-order chi connectivity index (χ0) is 21.7. The van der Waals surface area contributed by atoms with E-state index in [1.54, 1.807) is 0 Å². The fraction of sp³-hybridized carbons (Fsp3) is 0.577. The molecule has 0 unspecified atom stereocenters. The Balaban J connectivity index is 1.44. The van der Waals surface area contributed by atoms with Gasteiger partial charge in [0.2, 0.25) is 5.91 Å². The largest absolute Gasteiger partial charge is 0.326 e. The van der Waals surface area contributed by atoms with Crippen LogP contribution in [0.15, 0.2) is 48.8 Å². The number of hydrogen-bond acceptors (Lipinski definition) is 4. The van der Waals surface area contributed by atoms with Crippen LogP contribution in [0.25, 0.3) is 0 Å². The zero-order valence-corrected chi connectivity index (χ0v) is 19.1. The van der Waals surface area contributed by atoms with Gasteiger partial charge in [0.05, 0.1) is 6.17 Å². The number of amides is 1. The van der Waals surface area contributed by atoms with Crippen LogP contribution >= 0.6 is 0 Å². The van der Waals surface area contributed by atoms with Gasteiger partial charge in [0.25, 0.3) is 0 Å².